The number of carboxylic acids is 1. The summed E-state index contributed by atoms with van der Waals surface area (Å²) in [5.41, 5.74) is -2.30. The molecule has 5 fully saturated rings. The first-order valence-electron chi connectivity index (χ1n) is 9.46. The van der Waals surface area contributed by atoms with Crippen molar-refractivity contribution in [1.82, 2.24) is 0 Å². The van der Waals surface area contributed by atoms with Crippen molar-refractivity contribution in [2.45, 2.75) is 63.6 Å². The van der Waals surface area contributed by atoms with E-state index in [-0.39, 0.29) is 11.3 Å². The molecule has 5 heteroatoms. The maximum atomic E-state index is 12.9. The number of carboxylic acid groups (broad SMARTS) is 1. The SMILES string of the molecule is C=C1C[C@]23C[C@H]1CC[C@H]2[C@@]12CC[C@](C)(O)[C@@](C)(C(=O)O1)[C@H]2[C@@H]3C(=O)O. The van der Waals surface area contributed by atoms with Crippen molar-refractivity contribution in [2.75, 3.05) is 0 Å². The molecule has 0 aromatic rings. The Morgan fingerprint density at radius 3 is 2.68 bits per heavy atom. The van der Waals surface area contributed by atoms with Crippen LogP contribution < -0.4 is 0 Å². The van der Waals surface area contributed by atoms with Crippen LogP contribution >= 0.6 is 0 Å². The molecule has 8 atom stereocenters. The molecule has 0 aromatic carbocycles. The molecule has 1 aliphatic heterocycles. The standard InChI is InChI=1S/C20H26O5/c1-10-8-19-9-11(10)4-5-12(19)20-7-6-17(2,24)18(3,16(23)25-20)14(20)13(19)15(21)22/h11-14,24H,1,4-9H2,2-3H3,(H,21,22)/t11-,12-,13-,14-,17+,18-,19+,20-/m1/s1. The Hall–Kier alpha value is -1.36. The normalized spacial score (nSPS) is 58.7. The first-order valence-corrected chi connectivity index (χ1v) is 9.46. The Morgan fingerprint density at radius 2 is 2.00 bits per heavy atom. The van der Waals surface area contributed by atoms with Gasteiger partial charge in [-0.25, -0.2) is 0 Å². The summed E-state index contributed by atoms with van der Waals surface area (Å²) in [5.74, 6) is -1.87. The Labute approximate surface area is 147 Å². The number of ether oxygens (including phenoxy) is 1. The maximum absolute atomic E-state index is 12.9. The Bertz CT molecular complexity index is 726. The summed E-state index contributed by atoms with van der Waals surface area (Å²) in [4.78, 5) is 25.4. The number of hydrogen-bond donors (Lipinski definition) is 2. The number of aliphatic carboxylic acids is 1. The predicted octanol–water partition coefficient (Wildman–Crippen LogP) is 2.53. The number of hydrogen-bond acceptors (Lipinski definition) is 4. The first-order chi connectivity index (χ1) is 11.6. The number of esters is 1. The van der Waals surface area contributed by atoms with Gasteiger partial charge in [0.1, 0.15) is 11.0 Å². The topological polar surface area (TPSA) is 83.8 Å². The predicted molar refractivity (Wildman–Crippen MR) is 88.4 cm³/mol. The second-order valence-corrected chi connectivity index (χ2v) is 9.71. The average Bonchev–Trinajstić information content (AvgIpc) is 2.99. The van der Waals surface area contributed by atoms with Crippen LogP contribution in [-0.2, 0) is 14.3 Å². The lowest BCUT2D eigenvalue weighted by Gasteiger charge is -2.48. The summed E-state index contributed by atoms with van der Waals surface area (Å²) in [6.45, 7) is 7.65. The lowest BCUT2D eigenvalue weighted by atomic mass is 9.54. The van der Waals surface area contributed by atoms with E-state index in [0.717, 1.165) is 25.7 Å². The van der Waals surface area contributed by atoms with Gasteiger partial charge in [0.15, 0.2) is 0 Å². The fourth-order valence-electron chi connectivity index (χ4n) is 7.87. The molecular weight excluding hydrogens is 320 g/mol. The van der Waals surface area contributed by atoms with Crippen LogP contribution in [0.25, 0.3) is 0 Å². The molecule has 0 unspecified atom stereocenters. The van der Waals surface area contributed by atoms with Gasteiger partial charge in [-0.2, -0.15) is 0 Å². The number of aliphatic hydroxyl groups is 1. The second-order valence-electron chi connectivity index (χ2n) is 9.71. The van der Waals surface area contributed by atoms with E-state index in [2.05, 4.69) is 6.58 Å². The quantitative estimate of drug-likeness (QED) is 0.563. The highest BCUT2D eigenvalue weighted by atomic mass is 16.6. The molecule has 4 aliphatic carbocycles. The third kappa shape index (κ3) is 1.41. The number of carbonyl (C=O) groups is 2. The minimum Gasteiger partial charge on any atom is -0.481 e. The van der Waals surface area contributed by atoms with Crippen LogP contribution in [0.4, 0.5) is 0 Å². The van der Waals surface area contributed by atoms with Gasteiger partial charge in [-0.05, 0) is 63.7 Å². The molecule has 25 heavy (non-hydrogen) atoms. The third-order valence-electron chi connectivity index (χ3n) is 9.04. The number of allylic oxidation sites excluding steroid dienone is 1. The van der Waals surface area contributed by atoms with E-state index in [1.807, 2.05) is 0 Å². The largest absolute Gasteiger partial charge is 0.481 e. The Morgan fingerprint density at radius 1 is 1.28 bits per heavy atom. The highest BCUT2D eigenvalue weighted by Crippen LogP contribution is 2.78. The lowest BCUT2D eigenvalue weighted by molar-refractivity contribution is -0.169. The van der Waals surface area contributed by atoms with E-state index < -0.39 is 40.4 Å². The van der Waals surface area contributed by atoms with E-state index in [4.69, 9.17) is 4.74 Å². The molecule has 1 heterocycles. The van der Waals surface area contributed by atoms with E-state index in [9.17, 15) is 19.8 Å². The van der Waals surface area contributed by atoms with Crippen molar-refractivity contribution in [1.29, 1.82) is 0 Å². The highest BCUT2D eigenvalue weighted by molar-refractivity contribution is 5.86. The summed E-state index contributed by atoms with van der Waals surface area (Å²) < 4.78 is 6.07. The minimum atomic E-state index is -1.23. The molecule has 2 N–H and O–H groups in total. The molecule has 0 aromatic heterocycles. The number of carbonyl (C=O) groups excluding carboxylic acids is 1. The van der Waals surface area contributed by atoms with Gasteiger partial charge >= 0.3 is 11.9 Å². The van der Waals surface area contributed by atoms with Crippen molar-refractivity contribution in [3.63, 3.8) is 0 Å². The molecule has 4 saturated carbocycles. The third-order valence-corrected chi connectivity index (χ3v) is 9.04. The van der Waals surface area contributed by atoms with E-state index in [1.54, 1.807) is 13.8 Å². The summed E-state index contributed by atoms with van der Waals surface area (Å²) in [5, 5.41) is 21.3. The average molecular weight is 346 g/mol. The molecule has 136 valence electrons. The zero-order valence-electron chi connectivity index (χ0n) is 14.9. The smallest absolute Gasteiger partial charge is 0.315 e. The van der Waals surface area contributed by atoms with Gasteiger partial charge in [-0.3, -0.25) is 9.59 Å². The van der Waals surface area contributed by atoms with E-state index in [1.165, 1.54) is 5.57 Å². The first kappa shape index (κ1) is 15.9. The van der Waals surface area contributed by atoms with E-state index in [0.29, 0.717) is 18.8 Å². The maximum Gasteiger partial charge on any atom is 0.315 e. The zero-order chi connectivity index (χ0) is 18.0. The van der Waals surface area contributed by atoms with Crippen LogP contribution in [0.2, 0.25) is 0 Å². The lowest BCUT2D eigenvalue weighted by Crippen LogP contribution is -2.59. The Balaban J connectivity index is 1.77. The minimum absolute atomic E-state index is 0.0727. The van der Waals surface area contributed by atoms with Gasteiger partial charge < -0.3 is 14.9 Å². The summed E-state index contributed by atoms with van der Waals surface area (Å²) >= 11 is 0. The molecule has 1 saturated heterocycles. The van der Waals surface area contributed by atoms with Gasteiger partial charge in [0, 0.05) is 11.8 Å². The van der Waals surface area contributed by atoms with Gasteiger partial charge in [0.25, 0.3) is 0 Å². The summed E-state index contributed by atoms with van der Waals surface area (Å²) in [6, 6.07) is 0. The second kappa shape index (κ2) is 4.13. The molecule has 5 aliphatic rings. The van der Waals surface area contributed by atoms with Crippen molar-refractivity contribution in [3.05, 3.63) is 12.2 Å². The van der Waals surface area contributed by atoms with Crippen molar-refractivity contribution < 1.29 is 24.5 Å². The van der Waals surface area contributed by atoms with Gasteiger partial charge in [0.05, 0.1) is 11.5 Å². The van der Waals surface area contributed by atoms with Crippen LogP contribution in [0.1, 0.15) is 52.4 Å². The van der Waals surface area contributed by atoms with Crippen LogP contribution in [0.5, 0.6) is 0 Å². The molecule has 4 bridgehead atoms. The molecule has 5 rings (SSSR count). The fraction of sp³-hybridized carbons (Fsp3) is 0.800. The van der Waals surface area contributed by atoms with Crippen molar-refractivity contribution in [3.8, 4) is 0 Å². The van der Waals surface area contributed by atoms with Crippen molar-refractivity contribution in [2.24, 2.45) is 34.5 Å². The van der Waals surface area contributed by atoms with Gasteiger partial charge in [-0.1, -0.05) is 12.2 Å². The van der Waals surface area contributed by atoms with Gasteiger partial charge in [-0.15, -0.1) is 0 Å². The monoisotopic (exact) mass is 346 g/mol. The van der Waals surface area contributed by atoms with Crippen LogP contribution in [0.15, 0.2) is 12.2 Å². The Kier molecular flexibility index (Phi) is 2.62. The zero-order valence-corrected chi connectivity index (χ0v) is 14.9. The van der Waals surface area contributed by atoms with Crippen LogP contribution in [0, 0.1) is 34.5 Å². The molecule has 5 nitrogen and oxygen atoms in total. The van der Waals surface area contributed by atoms with Crippen LogP contribution in [0.3, 0.4) is 0 Å². The molecular formula is C20H26O5. The van der Waals surface area contributed by atoms with E-state index >= 15 is 0 Å². The molecule has 0 radical (unpaired) electrons. The number of fused-ring (bicyclic) bond motifs is 1. The fourth-order valence-corrected chi connectivity index (χ4v) is 7.87. The highest BCUT2D eigenvalue weighted by Gasteiger charge is 2.84. The van der Waals surface area contributed by atoms with Crippen molar-refractivity contribution >= 4 is 11.9 Å². The van der Waals surface area contributed by atoms with Crippen LogP contribution in [-0.4, -0.2) is 33.4 Å². The molecule has 0 amide bonds. The summed E-state index contributed by atoms with van der Waals surface area (Å²) in [7, 11) is 0. The molecule has 1 spiro atoms. The van der Waals surface area contributed by atoms with Gasteiger partial charge in [0.2, 0.25) is 0 Å². The number of rotatable bonds is 1. The summed E-state index contributed by atoms with van der Waals surface area (Å²) in [6.07, 6.45) is 4.54.